The highest BCUT2D eigenvalue weighted by molar-refractivity contribution is 7.86. The summed E-state index contributed by atoms with van der Waals surface area (Å²) < 4.78 is 57.5. The van der Waals surface area contributed by atoms with Crippen molar-refractivity contribution in [2.75, 3.05) is 0 Å². The van der Waals surface area contributed by atoms with Gasteiger partial charge in [0.1, 0.15) is 5.15 Å². The minimum atomic E-state index is -5.84. The smallest absolute Gasteiger partial charge is 0.279 e. The standard InChI is InChI=1S/C5H3ClN4.CHF3O3S/c6-5-4(9-10-7)2-1-3-8-5;2-1(3,4)8(5,6)7/h1-3H;(H,5,6,7). The van der Waals surface area contributed by atoms with Gasteiger partial charge in [0.05, 0.1) is 5.69 Å². The molecule has 0 unspecified atom stereocenters. The fourth-order valence-corrected chi connectivity index (χ4v) is 0.657. The van der Waals surface area contributed by atoms with Crippen molar-refractivity contribution < 1.29 is 26.1 Å². The number of rotatable bonds is 1. The lowest BCUT2D eigenvalue weighted by Gasteiger charge is -1.97. The van der Waals surface area contributed by atoms with E-state index >= 15 is 0 Å². The van der Waals surface area contributed by atoms with Gasteiger partial charge in [0.25, 0.3) is 0 Å². The number of nitrogens with zero attached hydrogens (tertiary/aromatic N) is 4. The molecular weight excluding hydrogens is 301 g/mol. The largest absolute Gasteiger partial charge is 0.522 e. The van der Waals surface area contributed by atoms with Gasteiger partial charge in [0, 0.05) is 11.1 Å². The van der Waals surface area contributed by atoms with Gasteiger partial charge in [-0.05, 0) is 17.7 Å². The van der Waals surface area contributed by atoms with Crippen molar-refractivity contribution in [2.45, 2.75) is 5.51 Å². The number of pyridine rings is 1. The summed E-state index contributed by atoms with van der Waals surface area (Å²) in [6.45, 7) is 0. The molecule has 18 heavy (non-hydrogen) atoms. The summed E-state index contributed by atoms with van der Waals surface area (Å²) in [4.78, 5) is 6.27. The second kappa shape index (κ2) is 6.40. The lowest BCUT2D eigenvalue weighted by Crippen LogP contribution is -2.21. The highest BCUT2D eigenvalue weighted by Gasteiger charge is 2.44. The molecule has 0 saturated heterocycles. The maximum atomic E-state index is 10.7. The molecule has 0 bridgehead atoms. The van der Waals surface area contributed by atoms with Gasteiger partial charge in [0.15, 0.2) is 0 Å². The van der Waals surface area contributed by atoms with Gasteiger partial charge >= 0.3 is 15.6 Å². The Hall–Kier alpha value is -1.55. The molecule has 0 atom stereocenters. The second-order valence-electron chi connectivity index (χ2n) is 2.42. The van der Waals surface area contributed by atoms with E-state index in [-0.39, 0.29) is 5.15 Å². The molecule has 0 radical (unpaired) electrons. The maximum absolute atomic E-state index is 10.7. The molecule has 1 N–H and O–H groups in total. The van der Waals surface area contributed by atoms with Crippen LogP contribution in [0.1, 0.15) is 0 Å². The number of hydrogen-bond acceptors (Lipinski definition) is 4. The van der Waals surface area contributed by atoms with Crippen molar-refractivity contribution in [3.05, 3.63) is 33.9 Å². The van der Waals surface area contributed by atoms with E-state index in [2.05, 4.69) is 15.0 Å². The number of hydrogen-bond donors (Lipinski definition) is 1. The number of halogens is 4. The molecule has 100 valence electrons. The van der Waals surface area contributed by atoms with E-state index in [1.165, 1.54) is 6.20 Å². The van der Waals surface area contributed by atoms with Gasteiger partial charge in [-0.25, -0.2) is 4.98 Å². The third kappa shape index (κ3) is 5.68. The SMILES string of the molecule is O=S(=O)(O)C(F)(F)F.[N-]=[N+]=Nc1cccnc1Cl. The number of alkyl halides is 3. The Balaban J connectivity index is 0.000000331. The molecule has 0 saturated carbocycles. The number of azide groups is 1. The molecule has 7 nitrogen and oxygen atoms in total. The van der Waals surface area contributed by atoms with Gasteiger partial charge in [-0.3, -0.25) is 4.55 Å². The van der Waals surface area contributed by atoms with Crippen LogP contribution in [0.15, 0.2) is 23.4 Å². The summed E-state index contributed by atoms with van der Waals surface area (Å²) in [5.74, 6) is 0. The molecule has 1 rings (SSSR count). The number of aromatic nitrogens is 1. The summed E-state index contributed by atoms with van der Waals surface area (Å²) in [7, 11) is -5.84. The first-order chi connectivity index (χ1) is 8.09. The van der Waals surface area contributed by atoms with Crippen molar-refractivity contribution in [1.29, 1.82) is 0 Å². The fraction of sp³-hybridized carbons (Fsp3) is 0.167. The zero-order valence-corrected chi connectivity index (χ0v) is 9.78. The summed E-state index contributed by atoms with van der Waals surface area (Å²) in [6, 6.07) is 3.24. The van der Waals surface area contributed by atoms with Crippen LogP contribution in [0.5, 0.6) is 0 Å². The van der Waals surface area contributed by atoms with Crippen LogP contribution in [0.25, 0.3) is 10.4 Å². The van der Waals surface area contributed by atoms with E-state index in [4.69, 9.17) is 30.1 Å². The highest BCUT2D eigenvalue weighted by atomic mass is 35.5. The average Bonchev–Trinajstić information content (AvgIpc) is 2.20. The Labute approximate surface area is 104 Å². The molecule has 12 heteroatoms. The topological polar surface area (TPSA) is 116 Å². The molecule has 0 spiro atoms. The van der Waals surface area contributed by atoms with Crippen LogP contribution in [0.3, 0.4) is 0 Å². The van der Waals surface area contributed by atoms with E-state index in [0.717, 1.165) is 0 Å². The first-order valence-electron chi connectivity index (χ1n) is 3.79. The van der Waals surface area contributed by atoms with E-state index in [1.807, 2.05) is 0 Å². The summed E-state index contributed by atoms with van der Waals surface area (Å²) in [5, 5.41) is 3.51. The Morgan fingerprint density at radius 1 is 1.50 bits per heavy atom. The second-order valence-corrected chi connectivity index (χ2v) is 4.19. The lowest BCUT2D eigenvalue weighted by atomic mass is 10.4. The van der Waals surface area contributed by atoms with Crippen LogP contribution >= 0.6 is 11.6 Å². The van der Waals surface area contributed by atoms with Crippen LogP contribution < -0.4 is 0 Å². The lowest BCUT2D eigenvalue weighted by molar-refractivity contribution is -0.0510. The minimum absolute atomic E-state index is 0.223. The Morgan fingerprint density at radius 3 is 2.33 bits per heavy atom. The van der Waals surface area contributed by atoms with Gasteiger partial charge in [-0.1, -0.05) is 16.7 Å². The summed E-state index contributed by atoms with van der Waals surface area (Å²) >= 11 is 5.53. The molecule has 0 aromatic carbocycles. The average molecular weight is 305 g/mol. The fourth-order valence-electron chi connectivity index (χ4n) is 0.500. The van der Waals surface area contributed by atoms with Gasteiger partial charge in [-0.2, -0.15) is 21.6 Å². The summed E-state index contributed by atoms with van der Waals surface area (Å²) in [5.41, 5.74) is 2.83. The Kier molecular flexibility index (Phi) is 5.85. The van der Waals surface area contributed by atoms with Crippen LogP contribution in [0.4, 0.5) is 18.9 Å². The molecule has 1 aromatic heterocycles. The molecule has 0 aliphatic heterocycles. The quantitative estimate of drug-likeness (QED) is 0.214. The van der Waals surface area contributed by atoms with Crippen molar-refractivity contribution in [3.63, 3.8) is 0 Å². The van der Waals surface area contributed by atoms with E-state index < -0.39 is 15.6 Å². The predicted molar refractivity (Wildman–Crippen MR) is 55.7 cm³/mol. The summed E-state index contributed by atoms with van der Waals surface area (Å²) in [6.07, 6.45) is 1.53. The zero-order valence-electron chi connectivity index (χ0n) is 8.20. The Morgan fingerprint density at radius 2 is 2.00 bits per heavy atom. The van der Waals surface area contributed by atoms with Crippen molar-refractivity contribution in [1.82, 2.24) is 4.98 Å². The van der Waals surface area contributed by atoms with Crippen molar-refractivity contribution in [2.24, 2.45) is 5.11 Å². The van der Waals surface area contributed by atoms with E-state index in [9.17, 15) is 13.2 Å². The van der Waals surface area contributed by atoms with Crippen LogP contribution in [0.2, 0.25) is 5.15 Å². The van der Waals surface area contributed by atoms with Gasteiger partial charge in [-0.15, -0.1) is 0 Å². The molecule has 1 heterocycles. The van der Waals surface area contributed by atoms with Crippen LogP contribution in [-0.4, -0.2) is 23.5 Å². The highest BCUT2D eigenvalue weighted by Crippen LogP contribution is 2.21. The minimum Gasteiger partial charge on any atom is -0.279 e. The first-order valence-corrected chi connectivity index (χ1v) is 5.60. The molecule has 0 aliphatic carbocycles. The molecule has 0 fully saturated rings. The van der Waals surface area contributed by atoms with Crippen LogP contribution in [0, 0.1) is 0 Å². The Bertz CT molecular complexity index is 555. The predicted octanol–water partition coefficient (Wildman–Crippen LogP) is 3.07. The monoisotopic (exact) mass is 304 g/mol. The normalized spacial score (nSPS) is 10.9. The van der Waals surface area contributed by atoms with E-state index in [1.54, 1.807) is 12.1 Å². The van der Waals surface area contributed by atoms with Crippen LogP contribution in [-0.2, 0) is 10.1 Å². The van der Waals surface area contributed by atoms with Crippen molar-refractivity contribution >= 4 is 27.4 Å². The zero-order chi connectivity index (χ0) is 14.4. The third-order valence-electron chi connectivity index (χ3n) is 1.18. The van der Waals surface area contributed by atoms with Crippen molar-refractivity contribution in [3.8, 4) is 0 Å². The van der Waals surface area contributed by atoms with E-state index in [0.29, 0.717) is 5.69 Å². The third-order valence-corrected chi connectivity index (χ3v) is 2.06. The maximum Gasteiger partial charge on any atom is 0.522 e. The molecular formula is C6H4ClF3N4O3S. The molecule has 1 aromatic rings. The first kappa shape index (κ1) is 16.4. The van der Waals surface area contributed by atoms with Gasteiger partial charge < -0.3 is 0 Å². The molecule has 0 amide bonds. The van der Waals surface area contributed by atoms with Gasteiger partial charge in [0.2, 0.25) is 0 Å². The molecule has 0 aliphatic rings.